The quantitative estimate of drug-likeness (QED) is 0.536. The van der Waals surface area contributed by atoms with Gasteiger partial charge in [0.05, 0.1) is 0 Å². The van der Waals surface area contributed by atoms with Crippen molar-refractivity contribution in [3.05, 3.63) is 0 Å². The third-order valence-corrected chi connectivity index (χ3v) is 2.45. The van der Waals surface area contributed by atoms with Crippen LogP contribution in [0.15, 0.2) is 0 Å². The molecule has 54 valence electrons. The minimum Gasteiger partial charge on any atom is -0.396 e. The van der Waals surface area contributed by atoms with Crippen LogP contribution in [-0.2, 0) is 0 Å². The molecular weight excluding hydrogens is 114 g/mol. The van der Waals surface area contributed by atoms with Crippen molar-refractivity contribution in [2.45, 2.75) is 25.8 Å². The molecule has 1 rings (SSSR count). The molecule has 1 fully saturated rings. The Morgan fingerprint density at radius 2 is 2.22 bits per heavy atom. The zero-order valence-corrected chi connectivity index (χ0v) is 5.88. The molecule has 1 aliphatic carbocycles. The molecule has 0 aromatic heterocycles. The average Bonchev–Trinajstić information content (AvgIpc) is 2.12. The van der Waals surface area contributed by atoms with E-state index < -0.39 is 0 Å². The van der Waals surface area contributed by atoms with Gasteiger partial charge in [0.2, 0.25) is 0 Å². The highest BCUT2D eigenvalue weighted by Gasteiger charge is 2.29. The normalized spacial score (nSPS) is 43.7. The van der Waals surface area contributed by atoms with Crippen molar-refractivity contribution in [1.82, 2.24) is 0 Å². The van der Waals surface area contributed by atoms with Crippen molar-refractivity contribution in [2.24, 2.45) is 17.6 Å². The lowest BCUT2D eigenvalue weighted by molar-refractivity contribution is 0.190. The molecule has 2 nitrogen and oxygen atoms in total. The van der Waals surface area contributed by atoms with E-state index in [9.17, 15) is 0 Å². The van der Waals surface area contributed by atoms with E-state index in [0.717, 1.165) is 6.42 Å². The van der Waals surface area contributed by atoms with Gasteiger partial charge in [0, 0.05) is 12.6 Å². The molecule has 1 aliphatic rings. The molecule has 3 atom stereocenters. The van der Waals surface area contributed by atoms with E-state index in [1.165, 1.54) is 6.42 Å². The van der Waals surface area contributed by atoms with Crippen LogP contribution in [0.1, 0.15) is 19.8 Å². The predicted molar refractivity (Wildman–Crippen MR) is 36.9 cm³/mol. The largest absolute Gasteiger partial charge is 0.396 e. The zero-order valence-electron chi connectivity index (χ0n) is 5.88. The van der Waals surface area contributed by atoms with Crippen LogP contribution >= 0.6 is 0 Å². The molecule has 3 N–H and O–H groups in total. The molecule has 0 unspecified atom stereocenters. The van der Waals surface area contributed by atoms with Crippen molar-refractivity contribution < 1.29 is 5.11 Å². The molecule has 0 amide bonds. The second-order valence-corrected chi connectivity index (χ2v) is 3.06. The fourth-order valence-electron chi connectivity index (χ4n) is 1.62. The van der Waals surface area contributed by atoms with E-state index in [4.69, 9.17) is 10.8 Å². The van der Waals surface area contributed by atoms with Crippen LogP contribution < -0.4 is 5.73 Å². The van der Waals surface area contributed by atoms with E-state index in [2.05, 4.69) is 6.92 Å². The molecular formula is C7H15NO. The maximum atomic E-state index is 8.83. The van der Waals surface area contributed by atoms with Crippen molar-refractivity contribution in [2.75, 3.05) is 6.61 Å². The smallest absolute Gasteiger partial charge is 0.0476 e. The fourth-order valence-corrected chi connectivity index (χ4v) is 1.62. The first kappa shape index (κ1) is 7.03. The van der Waals surface area contributed by atoms with Gasteiger partial charge in [-0.05, 0) is 24.7 Å². The van der Waals surface area contributed by atoms with Gasteiger partial charge in [-0.15, -0.1) is 0 Å². The van der Waals surface area contributed by atoms with Gasteiger partial charge >= 0.3 is 0 Å². The van der Waals surface area contributed by atoms with Crippen molar-refractivity contribution >= 4 is 0 Å². The average molecular weight is 129 g/mol. The number of nitrogens with two attached hydrogens (primary N) is 1. The molecule has 0 aromatic carbocycles. The summed E-state index contributed by atoms with van der Waals surface area (Å²) in [6.07, 6.45) is 2.28. The van der Waals surface area contributed by atoms with Gasteiger partial charge in [0.1, 0.15) is 0 Å². The minimum absolute atomic E-state index is 0.255. The van der Waals surface area contributed by atoms with Crippen LogP contribution in [0.25, 0.3) is 0 Å². The van der Waals surface area contributed by atoms with Gasteiger partial charge in [0.15, 0.2) is 0 Å². The highest BCUT2D eigenvalue weighted by molar-refractivity contribution is 4.84. The Bertz CT molecular complexity index is 84.9. The topological polar surface area (TPSA) is 46.2 Å². The number of rotatable bonds is 1. The molecule has 2 heteroatoms. The summed E-state index contributed by atoms with van der Waals surface area (Å²) in [7, 11) is 0. The molecule has 0 spiro atoms. The Hall–Kier alpha value is -0.0800. The number of hydrogen-bond donors (Lipinski definition) is 2. The second-order valence-electron chi connectivity index (χ2n) is 3.06. The van der Waals surface area contributed by atoms with Crippen molar-refractivity contribution in [3.8, 4) is 0 Å². The van der Waals surface area contributed by atoms with Crippen molar-refractivity contribution in [1.29, 1.82) is 0 Å². The lowest BCUT2D eigenvalue weighted by atomic mass is 9.97. The van der Waals surface area contributed by atoms with Crippen molar-refractivity contribution in [3.63, 3.8) is 0 Å². The highest BCUT2D eigenvalue weighted by Crippen LogP contribution is 2.29. The first-order valence-electron chi connectivity index (χ1n) is 3.62. The Labute approximate surface area is 56.1 Å². The molecule has 0 bridgehead atoms. The van der Waals surface area contributed by atoms with Crippen LogP contribution in [0.4, 0.5) is 0 Å². The summed E-state index contributed by atoms with van der Waals surface area (Å²) < 4.78 is 0. The Morgan fingerprint density at radius 1 is 1.56 bits per heavy atom. The first-order chi connectivity index (χ1) is 4.25. The van der Waals surface area contributed by atoms with Crippen LogP contribution in [0.2, 0.25) is 0 Å². The number of aliphatic hydroxyl groups excluding tert-OH is 1. The SMILES string of the molecule is C[C@H]1CC[C@@H](N)[C@@H]1CO. The summed E-state index contributed by atoms with van der Waals surface area (Å²) in [5.74, 6) is 0.995. The third kappa shape index (κ3) is 1.25. The summed E-state index contributed by atoms with van der Waals surface area (Å²) in [5.41, 5.74) is 5.72. The molecule has 0 aliphatic heterocycles. The van der Waals surface area contributed by atoms with Crippen LogP contribution in [-0.4, -0.2) is 17.8 Å². The number of aliphatic hydroxyl groups is 1. The molecule has 0 heterocycles. The van der Waals surface area contributed by atoms with E-state index in [1.54, 1.807) is 0 Å². The predicted octanol–water partition coefficient (Wildman–Crippen LogP) is 0.352. The van der Waals surface area contributed by atoms with E-state index in [0.29, 0.717) is 11.8 Å². The Morgan fingerprint density at radius 3 is 2.44 bits per heavy atom. The maximum Gasteiger partial charge on any atom is 0.0476 e. The molecule has 0 saturated heterocycles. The third-order valence-electron chi connectivity index (χ3n) is 2.45. The van der Waals surface area contributed by atoms with Crippen LogP contribution in [0.5, 0.6) is 0 Å². The Kier molecular flexibility index (Phi) is 2.09. The Balaban J connectivity index is 2.44. The van der Waals surface area contributed by atoms with Crippen LogP contribution in [0, 0.1) is 11.8 Å². The highest BCUT2D eigenvalue weighted by atomic mass is 16.3. The second kappa shape index (κ2) is 2.67. The molecule has 0 aromatic rings. The zero-order chi connectivity index (χ0) is 6.85. The van der Waals surface area contributed by atoms with Gasteiger partial charge in [-0.25, -0.2) is 0 Å². The maximum absolute atomic E-state index is 8.83. The minimum atomic E-state index is 0.255. The molecule has 1 saturated carbocycles. The standard InChI is InChI=1S/C7H15NO/c1-5-2-3-7(8)6(5)4-9/h5-7,9H,2-4,8H2,1H3/t5-,6+,7+/m0/s1. The molecule has 9 heavy (non-hydrogen) atoms. The summed E-state index contributed by atoms with van der Waals surface area (Å²) >= 11 is 0. The van der Waals surface area contributed by atoms with E-state index >= 15 is 0 Å². The lowest BCUT2D eigenvalue weighted by Crippen LogP contribution is -2.29. The van der Waals surface area contributed by atoms with Gasteiger partial charge in [-0.2, -0.15) is 0 Å². The summed E-state index contributed by atoms with van der Waals surface area (Å²) in [4.78, 5) is 0. The molecule has 0 radical (unpaired) electrons. The lowest BCUT2D eigenvalue weighted by Gasteiger charge is -2.15. The first-order valence-corrected chi connectivity index (χ1v) is 3.62. The summed E-state index contributed by atoms with van der Waals surface area (Å²) in [6, 6.07) is 0.255. The van der Waals surface area contributed by atoms with E-state index in [1.807, 2.05) is 0 Å². The van der Waals surface area contributed by atoms with Gasteiger partial charge < -0.3 is 10.8 Å². The van der Waals surface area contributed by atoms with Crippen LogP contribution in [0.3, 0.4) is 0 Å². The van der Waals surface area contributed by atoms with Gasteiger partial charge in [-0.3, -0.25) is 0 Å². The summed E-state index contributed by atoms with van der Waals surface area (Å²) in [6.45, 7) is 2.43. The van der Waals surface area contributed by atoms with Gasteiger partial charge in [-0.1, -0.05) is 6.92 Å². The number of hydrogen-bond acceptors (Lipinski definition) is 2. The monoisotopic (exact) mass is 129 g/mol. The summed E-state index contributed by atoms with van der Waals surface area (Å²) in [5, 5.41) is 8.83. The van der Waals surface area contributed by atoms with E-state index in [-0.39, 0.29) is 12.6 Å². The van der Waals surface area contributed by atoms with Gasteiger partial charge in [0.25, 0.3) is 0 Å². The fraction of sp³-hybridized carbons (Fsp3) is 1.00.